The number of nitrogens with one attached hydrogen (secondary N) is 1. The molecule has 3 N–H and O–H groups in total. The Labute approximate surface area is 127 Å². The number of phenols is 2. The van der Waals surface area contributed by atoms with Crippen LogP contribution in [0, 0.1) is 0 Å². The molecule has 0 spiro atoms. The van der Waals surface area contributed by atoms with Crippen LogP contribution in [0.3, 0.4) is 0 Å². The van der Waals surface area contributed by atoms with Crippen LogP contribution in [-0.4, -0.2) is 16.1 Å². The van der Waals surface area contributed by atoms with Crippen LogP contribution >= 0.6 is 11.6 Å². The van der Waals surface area contributed by atoms with Gasteiger partial charge in [-0.2, -0.15) is 0 Å². The second-order valence-corrected chi connectivity index (χ2v) is 4.63. The van der Waals surface area contributed by atoms with Crippen LogP contribution in [0.5, 0.6) is 11.5 Å². The molecule has 21 heavy (non-hydrogen) atoms. The number of anilines is 1. The van der Waals surface area contributed by atoms with Crippen LogP contribution in [0.25, 0.3) is 6.08 Å². The summed E-state index contributed by atoms with van der Waals surface area (Å²) in [5.74, 6) is -0.427. The molecule has 0 aromatic heterocycles. The molecule has 0 bridgehead atoms. The Morgan fingerprint density at radius 2 is 1.90 bits per heavy atom. The van der Waals surface area contributed by atoms with E-state index in [1.54, 1.807) is 12.1 Å². The third-order valence-electron chi connectivity index (χ3n) is 2.85. The number of aromatic hydroxyl groups is 2. The van der Waals surface area contributed by atoms with E-state index in [2.05, 4.69) is 5.32 Å². The number of amides is 1. The molecular formula is C16H14ClNO3. The molecule has 2 aromatic carbocycles. The number of hydrogen-bond acceptors (Lipinski definition) is 3. The number of carbonyl (C=O) groups is 1. The van der Waals surface area contributed by atoms with Gasteiger partial charge in [0.05, 0.1) is 0 Å². The van der Waals surface area contributed by atoms with Crippen LogP contribution in [0.4, 0.5) is 5.69 Å². The smallest absolute Gasteiger partial charge is 0.248 e. The Morgan fingerprint density at radius 1 is 1.14 bits per heavy atom. The van der Waals surface area contributed by atoms with Gasteiger partial charge >= 0.3 is 0 Å². The number of rotatable bonds is 4. The largest absolute Gasteiger partial charge is 0.504 e. The highest BCUT2D eigenvalue weighted by atomic mass is 35.5. The topological polar surface area (TPSA) is 69.6 Å². The van der Waals surface area contributed by atoms with Crippen LogP contribution < -0.4 is 5.32 Å². The summed E-state index contributed by atoms with van der Waals surface area (Å²) in [4.78, 5) is 11.9. The minimum atomic E-state index is -0.305. The Bertz CT molecular complexity index is 683. The molecule has 0 aliphatic rings. The van der Waals surface area contributed by atoms with Crippen molar-refractivity contribution in [1.82, 2.24) is 0 Å². The number of benzene rings is 2. The lowest BCUT2D eigenvalue weighted by molar-refractivity contribution is -0.111. The quantitative estimate of drug-likeness (QED) is 0.460. The standard InChI is InChI=1S/C16H14ClNO3/c17-10-12-3-1-2-4-13(12)18-16(21)8-6-11-5-7-14(19)15(20)9-11/h1-9,19-20H,10H2,(H,18,21)/b8-6+. The second kappa shape index (κ2) is 6.81. The first kappa shape index (κ1) is 14.9. The third-order valence-corrected chi connectivity index (χ3v) is 3.13. The Morgan fingerprint density at radius 3 is 2.62 bits per heavy atom. The van der Waals surface area contributed by atoms with E-state index in [9.17, 15) is 15.0 Å². The van der Waals surface area contributed by atoms with Gasteiger partial charge in [-0.25, -0.2) is 0 Å². The molecule has 0 saturated heterocycles. The van der Waals surface area contributed by atoms with Gasteiger partial charge in [0.1, 0.15) is 0 Å². The highest BCUT2D eigenvalue weighted by Gasteiger charge is 2.03. The minimum absolute atomic E-state index is 0.201. The van der Waals surface area contributed by atoms with E-state index < -0.39 is 0 Å². The first-order valence-electron chi connectivity index (χ1n) is 6.25. The molecular weight excluding hydrogens is 290 g/mol. The number of halogens is 1. The number of hydrogen-bond donors (Lipinski definition) is 3. The van der Waals surface area contributed by atoms with Crippen molar-refractivity contribution in [3.05, 3.63) is 59.7 Å². The highest BCUT2D eigenvalue weighted by Crippen LogP contribution is 2.25. The Kier molecular flexibility index (Phi) is 4.85. The lowest BCUT2D eigenvalue weighted by Gasteiger charge is -2.06. The summed E-state index contributed by atoms with van der Waals surface area (Å²) in [5, 5.41) is 21.3. The van der Waals surface area contributed by atoms with Gasteiger partial charge in [0.15, 0.2) is 11.5 Å². The summed E-state index contributed by atoms with van der Waals surface area (Å²) in [6.07, 6.45) is 2.88. The monoisotopic (exact) mass is 303 g/mol. The van der Waals surface area contributed by atoms with Crippen LogP contribution in [0.1, 0.15) is 11.1 Å². The van der Waals surface area contributed by atoms with E-state index in [-0.39, 0.29) is 17.4 Å². The summed E-state index contributed by atoms with van der Waals surface area (Å²) in [7, 11) is 0. The van der Waals surface area contributed by atoms with Crippen molar-refractivity contribution in [3.8, 4) is 11.5 Å². The van der Waals surface area contributed by atoms with Crippen LogP contribution in [0.2, 0.25) is 0 Å². The lowest BCUT2D eigenvalue weighted by atomic mass is 10.2. The van der Waals surface area contributed by atoms with E-state index in [1.165, 1.54) is 24.3 Å². The van der Waals surface area contributed by atoms with Crippen molar-refractivity contribution in [1.29, 1.82) is 0 Å². The fourth-order valence-electron chi connectivity index (χ4n) is 1.75. The first-order chi connectivity index (χ1) is 10.1. The number of phenolic OH excluding ortho intramolecular Hbond substituents is 2. The van der Waals surface area contributed by atoms with Crippen molar-refractivity contribution in [2.75, 3.05) is 5.32 Å². The molecule has 5 heteroatoms. The summed E-state index contributed by atoms with van der Waals surface area (Å²) < 4.78 is 0. The van der Waals surface area contributed by atoms with E-state index in [1.807, 2.05) is 18.2 Å². The fraction of sp³-hybridized carbons (Fsp3) is 0.0625. The molecule has 2 rings (SSSR count). The number of para-hydroxylation sites is 1. The first-order valence-corrected chi connectivity index (χ1v) is 6.78. The molecule has 108 valence electrons. The van der Waals surface area contributed by atoms with Gasteiger partial charge in [0.25, 0.3) is 0 Å². The van der Waals surface area contributed by atoms with Crippen molar-refractivity contribution >= 4 is 29.3 Å². The predicted molar refractivity (Wildman–Crippen MR) is 83.4 cm³/mol. The third kappa shape index (κ3) is 4.00. The molecule has 1 amide bonds. The fourth-order valence-corrected chi connectivity index (χ4v) is 1.98. The molecule has 0 aliphatic carbocycles. The van der Waals surface area contributed by atoms with E-state index in [0.29, 0.717) is 17.1 Å². The molecule has 2 aromatic rings. The van der Waals surface area contributed by atoms with E-state index in [4.69, 9.17) is 11.6 Å². The van der Waals surface area contributed by atoms with Crippen molar-refractivity contribution in [3.63, 3.8) is 0 Å². The summed E-state index contributed by atoms with van der Waals surface area (Å²) >= 11 is 5.80. The molecule has 4 nitrogen and oxygen atoms in total. The van der Waals surface area contributed by atoms with Crippen molar-refractivity contribution in [2.45, 2.75) is 5.88 Å². The van der Waals surface area contributed by atoms with Crippen LogP contribution in [-0.2, 0) is 10.7 Å². The Hall–Kier alpha value is -2.46. The van der Waals surface area contributed by atoms with Gasteiger partial charge in [0, 0.05) is 17.6 Å². The molecule has 0 unspecified atom stereocenters. The maximum Gasteiger partial charge on any atom is 0.248 e. The molecule has 0 saturated carbocycles. The van der Waals surface area contributed by atoms with E-state index >= 15 is 0 Å². The van der Waals surface area contributed by atoms with Crippen molar-refractivity contribution < 1.29 is 15.0 Å². The zero-order valence-corrected chi connectivity index (χ0v) is 11.8. The average molecular weight is 304 g/mol. The SMILES string of the molecule is O=C(/C=C/c1ccc(O)c(O)c1)Nc1ccccc1CCl. The molecule has 0 atom stereocenters. The lowest BCUT2D eigenvalue weighted by Crippen LogP contribution is -2.09. The average Bonchev–Trinajstić information content (AvgIpc) is 2.49. The summed E-state index contributed by atoms with van der Waals surface area (Å²) in [5.41, 5.74) is 2.10. The molecule has 0 radical (unpaired) electrons. The number of alkyl halides is 1. The van der Waals surface area contributed by atoms with Gasteiger partial charge in [0.2, 0.25) is 5.91 Å². The highest BCUT2D eigenvalue weighted by molar-refractivity contribution is 6.17. The van der Waals surface area contributed by atoms with Crippen molar-refractivity contribution in [2.24, 2.45) is 0 Å². The molecule has 0 heterocycles. The second-order valence-electron chi connectivity index (χ2n) is 4.36. The number of carbonyl (C=O) groups excluding carboxylic acids is 1. The van der Waals surface area contributed by atoms with Gasteiger partial charge < -0.3 is 15.5 Å². The minimum Gasteiger partial charge on any atom is -0.504 e. The van der Waals surface area contributed by atoms with Gasteiger partial charge in [-0.1, -0.05) is 24.3 Å². The summed E-state index contributed by atoms with van der Waals surface area (Å²) in [6, 6.07) is 11.6. The van der Waals surface area contributed by atoms with Gasteiger partial charge in [-0.05, 0) is 35.4 Å². The molecule has 0 aliphatic heterocycles. The predicted octanol–water partition coefficient (Wildman–Crippen LogP) is 3.49. The van der Waals surface area contributed by atoms with Gasteiger partial charge in [-0.3, -0.25) is 4.79 Å². The normalized spacial score (nSPS) is 10.7. The zero-order chi connectivity index (χ0) is 15.2. The maximum atomic E-state index is 11.9. The molecule has 0 fully saturated rings. The summed E-state index contributed by atoms with van der Waals surface area (Å²) in [6.45, 7) is 0. The van der Waals surface area contributed by atoms with E-state index in [0.717, 1.165) is 5.56 Å². The Balaban J connectivity index is 2.07. The zero-order valence-electron chi connectivity index (χ0n) is 11.1. The maximum absolute atomic E-state index is 11.9. The van der Waals surface area contributed by atoms with Gasteiger partial charge in [-0.15, -0.1) is 11.6 Å². The van der Waals surface area contributed by atoms with Crippen LogP contribution in [0.15, 0.2) is 48.5 Å².